The van der Waals surface area contributed by atoms with E-state index in [4.69, 9.17) is 55.4 Å². The Morgan fingerprint density at radius 3 is 2.18 bits per heavy atom. The Kier molecular flexibility index (Phi) is 9.18. The fraction of sp³-hybridized carbons (Fsp3) is 0.593. The maximum atomic E-state index is 12.9. The van der Waals surface area contributed by atoms with E-state index in [1.54, 1.807) is 27.7 Å². The Balaban J connectivity index is 1.00. The average Bonchev–Trinajstić information content (AvgIpc) is 3.86. The number of primary amides is 1. The maximum Gasteiger partial charge on any atom is 0.481 e. The van der Waals surface area contributed by atoms with Crippen LogP contribution in [0.25, 0.3) is 11.2 Å². The van der Waals surface area contributed by atoms with Gasteiger partial charge >= 0.3 is 15.6 Å². The standard InChI is InChI=1S/C27H33N7O14P2S/c1-6-14-32-21(28)15-23(33-14)34(10-30-15)25-20-17(45-27(4,5)47-20)13(43-25)8-41-50(38,39)48-49(36,37)40-7-12-16-18(46-26(2,3)44-16)19(42-12)24-31-11(9-51-24)22(29)35/h1,9-10,12-13,16-20,25H,7-8H2,2-5H3,(H2,29,35)(H,36,37)(H,38,39)(H2,28,32,33)/t12-,13-,16-,17-,18-,19-,20-,25-/m1/s1. The number of nitrogens with zero attached hydrogens (tertiary/aromatic N) is 5. The number of hydrogen-bond acceptors (Lipinski definition) is 18. The molecule has 3 aromatic rings. The van der Waals surface area contributed by atoms with Gasteiger partial charge in [0.25, 0.3) is 5.91 Å². The van der Waals surface area contributed by atoms with Gasteiger partial charge in [0.2, 0.25) is 5.82 Å². The quantitative estimate of drug-likeness (QED) is 0.158. The summed E-state index contributed by atoms with van der Waals surface area (Å²) in [6.45, 7) is 5.37. The molecule has 51 heavy (non-hydrogen) atoms. The smallest absolute Gasteiger partial charge is 0.382 e. The van der Waals surface area contributed by atoms with E-state index in [1.165, 1.54) is 16.3 Å². The molecule has 7 rings (SSSR count). The van der Waals surface area contributed by atoms with Crippen LogP contribution in [0.1, 0.15) is 61.3 Å². The van der Waals surface area contributed by atoms with Gasteiger partial charge in [-0.25, -0.2) is 29.1 Å². The zero-order chi connectivity index (χ0) is 36.7. The van der Waals surface area contributed by atoms with Gasteiger partial charge in [0.05, 0.1) is 19.5 Å². The van der Waals surface area contributed by atoms with Crippen molar-refractivity contribution < 1.29 is 65.5 Å². The molecule has 0 bridgehead atoms. The molecule has 4 saturated heterocycles. The molecule has 1 amide bonds. The van der Waals surface area contributed by atoms with Crippen molar-refractivity contribution in [2.24, 2.45) is 5.73 Å². The molecule has 7 heterocycles. The number of nitrogens with two attached hydrogens (primary N) is 2. The van der Waals surface area contributed by atoms with Gasteiger partial charge in [-0.05, 0) is 33.6 Å². The van der Waals surface area contributed by atoms with E-state index in [9.17, 15) is 23.7 Å². The van der Waals surface area contributed by atoms with Crippen LogP contribution in [0, 0.1) is 12.3 Å². The molecule has 4 aliphatic rings. The molecule has 0 spiro atoms. The van der Waals surface area contributed by atoms with E-state index < -0.39 is 95.3 Å². The monoisotopic (exact) mass is 773 g/mol. The molecule has 0 aliphatic carbocycles. The van der Waals surface area contributed by atoms with Crippen LogP contribution >= 0.6 is 27.0 Å². The number of phosphoric acid groups is 2. The zero-order valence-corrected chi connectivity index (χ0v) is 29.9. The van der Waals surface area contributed by atoms with Crippen molar-refractivity contribution in [3.63, 3.8) is 0 Å². The minimum absolute atomic E-state index is 0.0134. The molecule has 3 aromatic heterocycles. The first-order valence-electron chi connectivity index (χ1n) is 15.2. The second kappa shape index (κ2) is 12.9. The van der Waals surface area contributed by atoms with E-state index in [1.807, 2.05) is 0 Å². The third-order valence-electron chi connectivity index (χ3n) is 8.15. The Labute approximate surface area is 293 Å². The number of nitrogen functional groups attached to an aromatic ring is 1. The average molecular weight is 774 g/mol. The number of carbonyl (C=O) groups is 1. The number of fused-ring (bicyclic) bond motifs is 3. The number of phosphoric ester groups is 2. The highest BCUT2D eigenvalue weighted by Gasteiger charge is 2.58. The minimum Gasteiger partial charge on any atom is -0.382 e. The fourth-order valence-corrected chi connectivity index (χ4v) is 9.23. The Morgan fingerprint density at radius 1 is 0.980 bits per heavy atom. The van der Waals surface area contributed by atoms with Crippen LogP contribution in [0.4, 0.5) is 5.82 Å². The lowest BCUT2D eigenvalue weighted by molar-refractivity contribution is -0.199. The molecule has 21 nitrogen and oxygen atoms in total. The number of ether oxygens (including phenoxy) is 6. The largest absolute Gasteiger partial charge is 0.481 e. The fourth-order valence-electron chi connectivity index (χ4n) is 6.27. The van der Waals surface area contributed by atoms with Crippen molar-refractivity contribution in [3.8, 4) is 12.3 Å². The van der Waals surface area contributed by atoms with Crippen molar-refractivity contribution in [1.82, 2.24) is 24.5 Å². The zero-order valence-electron chi connectivity index (χ0n) is 27.3. The number of aromatic nitrogens is 5. The SMILES string of the molecule is C#Cc1nc(N)c2ncn([C@@H]3O[C@H](COP(=O)(O)OP(=O)(O)OC[C@H]4O[C@@H](c5nc(C(N)=O)cs5)[C@@H]5OC(C)(C)O[C@@H]54)[C@H]4OC(C)(C)O[C@H]43)c2n1. The van der Waals surface area contributed by atoms with Gasteiger partial charge in [-0.3, -0.25) is 18.4 Å². The molecule has 0 aromatic carbocycles. The van der Waals surface area contributed by atoms with Crippen LogP contribution in [-0.4, -0.2) is 102 Å². The van der Waals surface area contributed by atoms with Crippen LogP contribution in [0.3, 0.4) is 0 Å². The minimum atomic E-state index is -5.28. The summed E-state index contributed by atoms with van der Waals surface area (Å²) in [5.41, 5.74) is 11.8. The molecule has 0 saturated carbocycles. The number of anilines is 1. The molecule has 4 fully saturated rings. The molecular weight excluding hydrogens is 740 g/mol. The van der Waals surface area contributed by atoms with Crippen LogP contribution in [0.15, 0.2) is 11.7 Å². The number of thiazole rings is 1. The number of terminal acetylenes is 1. The highest BCUT2D eigenvalue weighted by Crippen LogP contribution is 2.61. The third kappa shape index (κ3) is 7.21. The van der Waals surface area contributed by atoms with Crippen molar-refractivity contribution >= 4 is 49.9 Å². The van der Waals surface area contributed by atoms with Gasteiger partial charge in [0.15, 0.2) is 29.3 Å². The normalized spacial score (nSPS) is 33.0. The van der Waals surface area contributed by atoms with Crippen molar-refractivity contribution in [1.29, 1.82) is 0 Å². The molecule has 276 valence electrons. The number of amides is 1. The van der Waals surface area contributed by atoms with Gasteiger partial charge in [0.1, 0.15) is 58.9 Å². The van der Waals surface area contributed by atoms with Crippen LogP contribution < -0.4 is 11.5 Å². The molecule has 0 radical (unpaired) electrons. The number of hydrogen-bond donors (Lipinski definition) is 4. The second-order valence-corrected chi connectivity index (χ2v) is 16.7. The van der Waals surface area contributed by atoms with Gasteiger partial charge in [-0.15, -0.1) is 17.8 Å². The molecule has 6 N–H and O–H groups in total. The highest BCUT2D eigenvalue weighted by atomic mass is 32.1. The first-order chi connectivity index (χ1) is 23.8. The van der Waals surface area contributed by atoms with E-state index in [0.717, 1.165) is 11.3 Å². The Hall–Kier alpha value is -2.97. The van der Waals surface area contributed by atoms with Crippen molar-refractivity contribution in [2.75, 3.05) is 18.9 Å². The summed E-state index contributed by atoms with van der Waals surface area (Å²) in [6, 6.07) is 0. The molecule has 24 heteroatoms. The highest BCUT2D eigenvalue weighted by molar-refractivity contribution is 7.61. The summed E-state index contributed by atoms with van der Waals surface area (Å²) in [5, 5.41) is 1.81. The first kappa shape index (κ1) is 36.4. The van der Waals surface area contributed by atoms with E-state index >= 15 is 0 Å². The second-order valence-electron chi connectivity index (χ2n) is 12.7. The van der Waals surface area contributed by atoms with Gasteiger partial charge in [-0.2, -0.15) is 4.31 Å². The van der Waals surface area contributed by atoms with E-state index in [2.05, 4.69) is 30.2 Å². The van der Waals surface area contributed by atoms with Crippen LogP contribution in [0.5, 0.6) is 0 Å². The molecule has 4 aliphatic heterocycles. The van der Waals surface area contributed by atoms with Crippen molar-refractivity contribution in [3.05, 3.63) is 28.2 Å². The van der Waals surface area contributed by atoms with Crippen molar-refractivity contribution in [2.45, 2.75) is 88.2 Å². The third-order valence-corrected chi connectivity index (χ3v) is 11.7. The summed E-state index contributed by atoms with van der Waals surface area (Å²) in [5.74, 6) is -0.507. The lowest BCUT2D eigenvalue weighted by Crippen LogP contribution is -2.33. The van der Waals surface area contributed by atoms with E-state index in [-0.39, 0.29) is 28.5 Å². The number of rotatable bonds is 11. The summed E-state index contributed by atoms with van der Waals surface area (Å²) in [6.07, 6.45) is -0.180. The number of imidazole rings is 1. The maximum absolute atomic E-state index is 12.9. The summed E-state index contributed by atoms with van der Waals surface area (Å²) in [4.78, 5) is 49.2. The van der Waals surface area contributed by atoms with Gasteiger partial charge in [0, 0.05) is 5.38 Å². The lowest BCUT2D eigenvalue weighted by Gasteiger charge is -2.25. The summed E-state index contributed by atoms with van der Waals surface area (Å²) >= 11 is 1.10. The number of carbonyl (C=O) groups excluding carboxylic acids is 1. The Bertz CT molecular complexity index is 2000. The topological polar surface area (TPSA) is 283 Å². The lowest BCUT2D eigenvalue weighted by atomic mass is 10.1. The molecule has 2 unspecified atom stereocenters. The first-order valence-corrected chi connectivity index (χ1v) is 19.1. The summed E-state index contributed by atoms with van der Waals surface area (Å²) in [7, 11) is -10.6. The van der Waals surface area contributed by atoms with Gasteiger partial charge < -0.3 is 49.7 Å². The molecular formula is C27H33N7O14P2S. The van der Waals surface area contributed by atoms with E-state index in [0.29, 0.717) is 5.01 Å². The van der Waals surface area contributed by atoms with Crippen LogP contribution in [0.2, 0.25) is 0 Å². The Morgan fingerprint density at radius 2 is 1.57 bits per heavy atom. The predicted octanol–water partition coefficient (Wildman–Crippen LogP) is 1.27. The molecule has 10 atom stereocenters. The predicted molar refractivity (Wildman–Crippen MR) is 170 cm³/mol. The van der Waals surface area contributed by atoms with Crippen LogP contribution in [-0.2, 0) is 50.9 Å². The summed E-state index contributed by atoms with van der Waals surface area (Å²) < 4.78 is 78.2. The van der Waals surface area contributed by atoms with Gasteiger partial charge in [-0.1, -0.05) is 0 Å².